The molecule has 0 aromatic carbocycles. The average Bonchev–Trinajstić information content (AvgIpc) is 2.86. The summed E-state index contributed by atoms with van der Waals surface area (Å²) in [5, 5.41) is 6.78. The van der Waals surface area contributed by atoms with Crippen molar-refractivity contribution in [1.82, 2.24) is 10.3 Å². The minimum atomic E-state index is 0.506. The van der Waals surface area contributed by atoms with Crippen molar-refractivity contribution in [2.45, 2.75) is 19.3 Å². The average molecular weight is 246 g/mol. The number of anilines is 2. The molecule has 2 aliphatic heterocycles. The van der Waals surface area contributed by atoms with Crippen molar-refractivity contribution >= 4 is 11.4 Å². The van der Waals surface area contributed by atoms with Crippen molar-refractivity contribution in [1.29, 1.82) is 0 Å². The molecule has 3 heterocycles. The summed E-state index contributed by atoms with van der Waals surface area (Å²) in [7, 11) is 1.97. The molecule has 2 N–H and O–H groups in total. The lowest BCUT2D eigenvalue weighted by Crippen LogP contribution is -2.44. The van der Waals surface area contributed by atoms with Crippen LogP contribution in [0, 0.1) is 5.41 Å². The Morgan fingerprint density at radius 1 is 1.44 bits per heavy atom. The monoisotopic (exact) mass is 246 g/mol. The summed E-state index contributed by atoms with van der Waals surface area (Å²) in [5.41, 5.74) is 2.95. The van der Waals surface area contributed by atoms with Gasteiger partial charge in [0, 0.05) is 38.3 Å². The van der Waals surface area contributed by atoms with Gasteiger partial charge in [0.1, 0.15) is 0 Å². The van der Waals surface area contributed by atoms with Gasteiger partial charge in [0.25, 0.3) is 0 Å². The summed E-state index contributed by atoms with van der Waals surface area (Å²) in [6, 6.07) is 2.13. The predicted molar refractivity (Wildman–Crippen MR) is 75.2 cm³/mol. The van der Waals surface area contributed by atoms with Gasteiger partial charge in [-0.2, -0.15) is 0 Å². The van der Waals surface area contributed by atoms with Gasteiger partial charge < -0.3 is 15.5 Å². The van der Waals surface area contributed by atoms with Crippen molar-refractivity contribution < 1.29 is 0 Å². The third-order valence-electron chi connectivity index (χ3n) is 4.40. The predicted octanol–water partition coefficient (Wildman–Crippen LogP) is 1.70. The van der Waals surface area contributed by atoms with Gasteiger partial charge in [-0.25, -0.2) is 0 Å². The Morgan fingerprint density at radius 2 is 2.39 bits per heavy atom. The molecule has 4 nitrogen and oxygen atoms in total. The van der Waals surface area contributed by atoms with Crippen molar-refractivity contribution in [2.75, 3.05) is 43.4 Å². The zero-order valence-electron chi connectivity index (χ0n) is 11.1. The summed E-state index contributed by atoms with van der Waals surface area (Å²) in [5.74, 6) is 0. The first-order valence-electron chi connectivity index (χ1n) is 6.90. The SMILES string of the molecule is CNc1cnccc1N1CCCC2(CCNC2)C1. The second-order valence-corrected chi connectivity index (χ2v) is 5.59. The number of aromatic nitrogens is 1. The number of nitrogens with one attached hydrogen (secondary N) is 2. The van der Waals surface area contributed by atoms with Crippen molar-refractivity contribution in [3.63, 3.8) is 0 Å². The molecule has 0 bridgehead atoms. The highest BCUT2D eigenvalue weighted by atomic mass is 15.2. The van der Waals surface area contributed by atoms with Gasteiger partial charge in [-0.1, -0.05) is 0 Å². The first kappa shape index (κ1) is 11.8. The van der Waals surface area contributed by atoms with E-state index >= 15 is 0 Å². The van der Waals surface area contributed by atoms with E-state index in [0.29, 0.717) is 5.41 Å². The maximum atomic E-state index is 4.20. The lowest BCUT2D eigenvalue weighted by Gasteiger charge is -2.41. The largest absolute Gasteiger partial charge is 0.385 e. The molecule has 0 amide bonds. The van der Waals surface area contributed by atoms with Crippen LogP contribution in [0.5, 0.6) is 0 Å². The summed E-state index contributed by atoms with van der Waals surface area (Å²) in [4.78, 5) is 6.73. The lowest BCUT2D eigenvalue weighted by molar-refractivity contribution is 0.261. The van der Waals surface area contributed by atoms with E-state index < -0.39 is 0 Å². The summed E-state index contributed by atoms with van der Waals surface area (Å²) in [6.07, 6.45) is 7.81. The Kier molecular flexibility index (Phi) is 3.12. The Balaban J connectivity index is 1.83. The van der Waals surface area contributed by atoms with Gasteiger partial charge in [0.15, 0.2) is 0 Å². The topological polar surface area (TPSA) is 40.2 Å². The van der Waals surface area contributed by atoms with Crippen LogP contribution in [0.25, 0.3) is 0 Å². The number of pyridine rings is 1. The van der Waals surface area contributed by atoms with Crippen molar-refractivity contribution in [3.8, 4) is 0 Å². The van der Waals surface area contributed by atoms with E-state index in [1.54, 1.807) is 0 Å². The van der Waals surface area contributed by atoms with Crippen LogP contribution in [0.3, 0.4) is 0 Å². The minimum Gasteiger partial charge on any atom is -0.385 e. The molecule has 1 aromatic heterocycles. The van der Waals surface area contributed by atoms with E-state index in [-0.39, 0.29) is 0 Å². The first-order chi connectivity index (χ1) is 8.83. The third kappa shape index (κ3) is 2.05. The van der Waals surface area contributed by atoms with E-state index in [1.165, 1.54) is 51.1 Å². The van der Waals surface area contributed by atoms with E-state index in [4.69, 9.17) is 0 Å². The van der Waals surface area contributed by atoms with Gasteiger partial charge >= 0.3 is 0 Å². The molecule has 98 valence electrons. The summed E-state index contributed by atoms with van der Waals surface area (Å²) >= 11 is 0. The summed E-state index contributed by atoms with van der Waals surface area (Å²) in [6.45, 7) is 4.71. The van der Waals surface area contributed by atoms with E-state index in [1.807, 2.05) is 19.4 Å². The van der Waals surface area contributed by atoms with Crippen LogP contribution in [0.15, 0.2) is 18.5 Å². The molecule has 2 aliphatic rings. The summed E-state index contributed by atoms with van der Waals surface area (Å²) < 4.78 is 0. The quantitative estimate of drug-likeness (QED) is 0.833. The van der Waals surface area contributed by atoms with E-state index in [9.17, 15) is 0 Å². The van der Waals surface area contributed by atoms with Crippen LogP contribution in [0.1, 0.15) is 19.3 Å². The Hall–Kier alpha value is -1.29. The molecule has 0 saturated carbocycles. The highest BCUT2D eigenvalue weighted by molar-refractivity contribution is 5.68. The normalized spacial score (nSPS) is 27.7. The second kappa shape index (κ2) is 4.76. The molecule has 1 unspecified atom stereocenters. The van der Waals surface area contributed by atoms with Gasteiger partial charge in [-0.15, -0.1) is 0 Å². The zero-order valence-corrected chi connectivity index (χ0v) is 11.1. The maximum absolute atomic E-state index is 4.20. The maximum Gasteiger partial charge on any atom is 0.0761 e. The molecular weight excluding hydrogens is 224 g/mol. The van der Waals surface area contributed by atoms with Crippen LogP contribution in [0.2, 0.25) is 0 Å². The molecule has 2 fully saturated rings. The van der Waals surface area contributed by atoms with Crippen LogP contribution in [0.4, 0.5) is 11.4 Å². The molecule has 3 rings (SSSR count). The molecule has 1 atom stereocenters. The Bertz CT molecular complexity index is 412. The molecule has 18 heavy (non-hydrogen) atoms. The standard InChI is InChI=1S/C14H22N4/c1-15-12-9-16-6-3-13(12)18-8-2-4-14(11-18)5-7-17-10-14/h3,6,9,15,17H,2,4-5,7-8,10-11H2,1H3. The zero-order chi connectivity index (χ0) is 12.4. The lowest BCUT2D eigenvalue weighted by atomic mass is 9.79. The van der Waals surface area contributed by atoms with Gasteiger partial charge in [0.05, 0.1) is 17.6 Å². The van der Waals surface area contributed by atoms with E-state index in [2.05, 4.69) is 26.6 Å². The molecule has 0 radical (unpaired) electrons. The smallest absolute Gasteiger partial charge is 0.0761 e. The van der Waals surface area contributed by atoms with Gasteiger partial charge in [-0.3, -0.25) is 4.98 Å². The number of piperidine rings is 1. The number of rotatable bonds is 2. The van der Waals surface area contributed by atoms with Crippen LogP contribution < -0.4 is 15.5 Å². The molecule has 0 aliphatic carbocycles. The number of hydrogen-bond acceptors (Lipinski definition) is 4. The van der Waals surface area contributed by atoms with Crippen LogP contribution in [-0.4, -0.2) is 38.2 Å². The first-order valence-corrected chi connectivity index (χ1v) is 6.90. The van der Waals surface area contributed by atoms with Gasteiger partial charge in [0.2, 0.25) is 0 Å². The highest BCUT2D eigenvalue weighted by Crippen LogP contribution is 2.38. The molecule has 4 heteroatoms. The third-order valence-corrected chi connectivity index (χ3v) is 4.40. The number of hydrogen-bond donors (Lipinski definition) is 2. The fourth-order valence-electron chi connectivity index (χ4n) is 3.41. The molecule has 1 spiro atoms. The molecule has 1 aromatic rings. The van der Waals surface area contributed by atoms with E-state index in [0.717, 1.165) is 5.69 Å². The Labute approximate surface area is 109 Å². The van der Waals surface area contributed by atoms with Crippen LogP contribution >= 0.6 is 0 Å². The van der Waals surface area contributed by atoms with Crippen molar-refractivity contribution in [3.05, 3.63) is 18.5 Å². The minimum absolute atomic E-state index is 0.506. The molecular formula is C14H22N4. The number of nitrogens with zero attached hydrogens (tertiary/aromatic N) is 2. The van der Waals surface area contributed by atoms with Crippen LogP contribution in [-0.2, 0) is 0 Å². The Morgan fingerprint density at radius 3 is 3.17 bits per heavy atom. The highest BCUT2D eigenvalue weighted by Gasteiger charge is 2.38. The van der Waals surface area contributed by atoms with Gasteiger partial charge in [-0.05, 0) is 31.9 Å². The molecule has 2 saturated heterocycles. The second-order valence-electron chi connectivity index (χ2n) is 5.59. The fraction of sp³-hybridized carbons (Fsp3) is 0.643. The van der Waals surface area contributed by atoms with Crippen molar-refractivity contribution in [2.24, 2.45) is 5.41 Å². The fourth-order valence-corrected chi connectivity index (χ4v) is 3.41.